The summed E-state index contributed by atoms with van der Waals surface area (Å²) in [5.74, 6) is 0.488. The van der Waals surface area contributed by atoms with Crippen LogP contribution in [0.5, 0.6) is 0 Å². The van der Waals surface area contributed by atoms with Gasteiger partial charge in [0.2, 0.25) is 5.95 Å². The molecule has 0 aromatic carbocycles. The summed E-state index contributed by atoms with van der Waals surface area (Å²) < 4.78 is 0. The Morgan fingerprint density at radius 1 is 1.33 bits per heavy atom. The zero-order chi connectivity index (χ0) is 13.4. The van der Waals surface area contributed by atoms with E-state index in [9.17, 15) is 4.79 Å². The van der Waals surface area contributed by atoms with Crippen LogP contribution in [0.1, 0.15) is 44.1 Å². The van der Waals surface area contributed by atoms with Crippen molar-refractivity contribution < 1.29 is 4.79 Å². The van der Waals surface area contributed by atoms with E-state index in [0.717, 1.165) is 25.9 Å². The van der Waals surface area contributed by atoms with Crippen molar-refractivity contribution in [3.05, 3.63) is 18.0 Å². The Morgan fingerprint density at radius 2 is 2.06 bits per heavy atom. The molecule has 100 valence electrons. The first-order valence-electron chi connectivity index (χ1n) is 6.59. The number of carbonyl (C=O) groups is 1. The predicted molar refractivity (Wildman–Crippen MR) is 72.8 cm³/mol. The van der Waals surface area contributed by atoms with Gasteiger partial charge >= 0.3 is 0 Å². The van der Waals surface area contributed by atoms with Crippen molar-refractivity contribution >= 4 is 11.9 Å². The van der Waals surface area contributed by atoms with Gasteiger partial charge in [-0.3, -0.25) is 4.79 Å². The highest BCUT2D eigenvalue weighted by Crippen LogP contribution is 2.06. The van der Waals surface area contributed by atoms with Crippen molar-refractivity contribution in [1.82, 2.24) is 15.3 Å². The number of nitrogens with zero attached hydrogens (tertiary/aromatic N) is 3. The highest BCUT2D eigenvalue weighted by Gasteiger charge is 2.10. The molecule has 0 aliphatic carbocycles. The van der Waals surface area contributed by atoms with Gasteiger partial charge in [-0.05, 0) is 26.3 Å². The zero-order valence-electron chi connectivity index (χ0n) is 11.4. The van der Waals surface area contributed by atoms with Gasteiger partial charge in [-0.15, -0.1) is 0 Å². The van der Waals surface area contributed by atoms with E-state index in [1.165, 1.54) is 0 Å². The fourth-order valence-electron chi connectivity index (χ4n) is 1.60. The Kier molecular flexibility index (Phi) is 6.11. The van der Waals surface area contributed by atoms with Crippen molar-refractivity contribution in [2.75, 3.05) is 24.5 Å². The molecule has 0 fully saturated rings. The van der Waals surface area contributed by atoms with Gasteiger partial charge in [-0.2, -0.15) is 0 Å². The summed E-state index contributed by atoms with van der Waals surface area (Å²) in [5, 5.41) is 2.85. The van der Waals surface area contributed by atoms with E-state index in [1.807, 2.05) is 18.7 Å². The third-order valence-corrected chi connectivity index (χ3v) is 2.74. The summed E-state index contributed by atoms with van der Waals surface area (Å²) in [6.45, 7) is 8.53. The molecule has 0 atom stereocenters. The Hall–Kier alpha value is -1.65. The number of hydrogen-bond donors (Lipinski definition) is 1. The van der Waals surface area contributed by atoms with Crippen LogP contribution in [-0.2, 0) is 0 Å². The van der Waals surface area contributed by atoms with Crippen LogP contribution in [0.3, 0.4) is 0 Å². The SMILES string of the molecule is CCCCNC(=O)c1ccnc(N(CC)CC)n1. The Labute approximate surface area is 109 Å². The minimum atomic E-state index is -0.126. The molecule has 0 unspecified atom stereocenters. The smallest absolute Gasteiger partial charge is 0.270 e. The van der Waals surface area contributed by atoms with Crippen molar-refractivity contribution in [2.24, 2.45) is 0 Å². The molecule has 1 aromatic heterocycles. The van der Waals surface area contributed by atoms with Crippen LogP contribution in [0.25, 0.3) is 0 Å². The van der Waals surface area contributed by atoms with Crippen LogP contribution in [0.15, 0.2) is 12.3 Å². The first kappa shape index (κ1) is 14.4. The average molecular weight is 250 g/mol. The van der Waals surface area contributed by atoms with Crippen LogP contribution in [0, 0.1) is 0 Å². The molecule has 1 amide bonds. The summed E-state index contributed by atoms with van der Waals surface area (Å²) in [4.78, 5) is 22.4. The fraction of sp³-hybridized carbons (Fsp3) is 0.615. The van der Waals surface area contributed by atoms with E-state index in [2.05, 4.69) is 22.2 Å². The van der Waals surface area contributed by atoms with Crippen LogP contribution >= 0.6 is 0 Å². The maximum atomic E-state index is 11.9. The van der Waals surface area contributed by atoms with Gasteiger partial charge in [0.25, 0.3) is 5.91 Å². The standard InChI is InChI=1S/C13H22N4O/c1-4-7-9-14-12(18)11-8-10-15-13(16-11)17(5-2)6-3/h8,10H,4-7,9H2,1-3H3,(H,14,18). The number of rotatable bonds is 7. The highest BCUT2D eigenvalue weighted by molar-refractivity contribution is 5.92. The highest BCUT2D eigenvalue weighted by atomic mass is 16.1. The summed E-state index contributed by atoms with van der Waals surface area (Å²) in [6, 6.07) is 1.65. The van der Waals surface area contributed by atoms with Gasteiger partial charge in [0.1, 0.15) is 5.69 Å². The molecule has 18 heavy (non-hydrogen) atoms. The molecule has 0 aliphatic heterocycles. The minimum absolute atomic E-state index is 0.126. The van der Waals surface area contributed by atoms with E-state index in [1.54, 1.807) is 12.3 Å². The minimum Gasteiger partial charge on any atom is -0.351 e. The topological polar surface area (TPSA) is 58.1 Å². The first-order valence-corrected chi connectivity index (χ1v) is 6.59. The summed E-state index contributed by atoms with van der Waals surface area (Å²) in [6.07, 6.45) is 3.68. The summed E-state index contributed by atoms with van der Waals surface area (Å²) in [7, 11) is 0. The molecule has 1 rings (SSSR count). The lowest BCUT2D eigenvalue weighted by molar-refractivity contribution is 0.0948. The third-order valence-electron chi connectivity index (χ3n) is 2.74. The van der Waals surface area contributed by atoms with Crippen molar-refractivity contribution in [1.29, 1.82) is 0 Å². The second-order valence-electron chi connectivity index (χ2n) is 4.02. The quantitative estimate of drug-likeness (QED) is 0.750. The number of nitrogens with one attached hydrogen (secondary N) is 1. The van der Waals surface area contributed by atoms with E-state index >= 15 is 0 Å². The Balaban J connectivity index is 2.72. The number of carbonyl (C=O) groups excluding carboxylic acids is 1. The van der Waals surface area contributed by atoms with E-state index in [4.69, 9.17) is 0 Å². The lowest BCUT2D eigenvalue weighted by atomic mass is 10.3. The summed E-state index contributed by atoms with van der Waals surface area (Å²) >= 11 is 0. The number of hydrogen-bond acceptors (Lipinski definition) is 4. The number of unbranched alkanes of at least 4 members (excludes halogenated alkanes) is 1. The van der Waals surface area contributed by atoms with Crippen LogP contribution in [-0.4, -0.2) is 35.5 Å². The first-order chi connectivity index (χ1) is 8.72. The molecule has 5 heteroatoms. The maximum absolute atomic E-state index is 11.9. The monoisotopic (exact) mass is 250 g/mol. The van der Waals surface area contributed by atoms with E-state index in [-0.39, 0.29) is 5.91 Å². The largest absolute Gasteiger partial charge is 0.351 e. The number of anilines is 1. The molecule has 1 aromatic rings. The van der Waals surface area contributed by atoms with E-state index in [0.29, 0.717) is 18.2 Å². The Bertz CT molecular complexity index is 377. The lowest BCUT2D eigenvalue weighted by Crippen LogP contribution is -2.28. The molecule has 0 bridgehead atoms. The molecule has 5 nitrogen and oxygen atoms in total. The molecular formula is C13H22N4O. The maximum Gasteiger partial charge on any atom is 0.270 e. The zero-order valence-corrected chi connectivity index (χ0v) is 11.4. The van der Waals surface area contributed by atoms with Gasteiger partial charge in [0.15, 0.2) is 0 Å². The van der Waals surface area contributed by atoms with Crippen LogP contribution in [0.2, 0.25) is 0 Å². The van der Waals surface area contributed by atoms with Crippen LogP contribution in [0.4, 0.5) is 5.95 Å². The Morgan fingerprint density at radius 3 is 2.67 bits per heavy atom. The molecule has 0 radical (unpaired) electrons. The predicted octanol–water partition coefficient (Wildman–Crippen LogP) is 1.85. The fourth-order valence-corrected chi connectivity index (χ4v) is 1.60. The number of amides is 1. The summed E-state index contributed by atoms with van der Waals surface area (Å²) in [5.41, 5.74) is 0.433. The normalized spacial score (nSPS) is 10.2. The molecule has 1 heterocycles. The van der Waals surface area contributed by atoms with Crippen LogP contribution < -0.4 is 10.2 Å². The second kappa shape index (κ2) is 7.63. The van der Waals surface area contributed by atoms with Gasteiger partial charge in [0.05, 0.1) is 0 Å². The molecule has 0 saturated carbocycles. The van der Waals surface area contributed by atoms with Gasteiger partial charge in [-0.1, -0.05) is 13.3 Å². The molecule has 1 N–H and O–H groups in total. The number of aromatic nitrogens is 2. The van der Waals surface area contributed by atoms with Gasteiger partial charge < -0.3 is 10.2 Å². The van der Waals surface area contributed by atoms with Crippen molar-refractivity contribution in [3.63, 3.8) is 0 Å². The lowest BCUT2D eigenvalue weighted by Gasteiger charge is -2.18. The second-order valence-corrected chi connectivity index (χ2v) is 4.02. The molecule has 0 aliphatic rings. The van der Waals surface area contributed by atoms with E-state index < -0.39 is 0 Å². The van der Waals surface area contributed by atoms with Gasteiger partial charge in [-0.25, -0.2) is 9.97 Å². The third kappa shape index (κ3) is 3.98. The molecule has 0 saturated heterocycles. The van der Waals surface area contributed by atoms with Crippen molar-refractivity contribution in [2.45, 2.75) is 33.6 Å². The average Bonchev–Trinajstić information content (AvgIpc) is 2.41. The molecule has 0 spiro atoms. The molecular weight excluding hydrogens is 228 g/mol. The van der Waals surface area contributed by atoms with Crippen molar-refractivity contribution in [3.8, 4) is 0 Å². The van der Waals surface area contributed by atoms with Gasteiger partial charge in [0, 0.05) is 25.8 Å².